The number of hydrogen-bond acceptors (Lipinski definition) is 3. The predicted octanol–water partition coefficient (Wildman–Crippen LogP) is 0.529. The highest BCUT2D eigenvalue weighted by molar-refractivity contribution is 4.47. The van der Waals surface area contributed by atoms with Gasteiger partial charge in [0.15, 0.2) is 0 Å². The van der Waals surface area contributed by atoms with E-state index in [1.54, 1.807) is 0 Å². The molecule has 0 rings (SSSR count). The van der Waals surface area contributed by atoms with Gasteiger partial charge in [0.05, 0.1) is 6.67 Å². The van der Waals surface area contributed by atoms with Gasteiger partial charge in [0.2, 0.25) is 0 Å². The van der Waals surface area contributed by atoms with Crippen LogP contribution in [0.1, 0.15) is 26.2 Å². The molecule has 0 fully saturated rings. The summed E-state index contributed by atoms with van der Waals surface area (Å²) in [5, 5.41) is 0. The Bertz CT molecular complexity index is 65.9. The molecule has 0 unspecified atom stereocenters. The SMILES string of the molecule is CCCCCN(C)CNN. The van der Waals surface area contributed by atoms with E-state index in [1.807, 2.05) is 0 Å². The monoisotopic (exact) mass is 145 g/mol. The molecule has 10 heavy (non-hydrogen) atoms. The summed E-state index contributed by atoms with van der Waals surface area (Å²) < 4.78 is 0. The normalized spacial score (nSPS) is 10.8. The van der Waals surface area contributed by atoms with E-state index in [1.165, 1.54) is 19.3 Å². The lowest BCUT2D eigenvalue weighted by Crippen LogP contribution is -2.35. The Morgan fingerprint density at radius 2 is 2.10 bits per heavy atom. The maximum atomic E-state index is 5.14. The molecule has 62 valence electrons. The third-order valence-electron chi connectivity index (χ3n) is 1.50. The zero-order valence-corrected chi connectivity index (χ0v) is 7.06. The van der Waals surface area contributed by atoms with Gasteiger partial charge >= 0.3 is 0 Å². The van der Waals surface area contributed by atoms with E-state index < -0.39 is 0 Å². The molecule has 0 aliphatic rings. The Morgan fingerprint density at radius 1 is 1.40 bits per heavy atom. The van der Waals surface area contributed by atoms with Crippen molar-refractivity contribution in [3.8, 4) is 0 Å². The molecule has 0 aliphatic heterocycles. The Kier molecular flexibility index (Phi) is 6.91. The van der Waals surface area contributed by atoms with Crippen LogP contribution in [0.5, 0.6) is 0 Å². The third kappa shape index (κ3) is 6.01. The molecule has 0 amide bonds. The average Bonchev–Trinajstić information content (AvgIpc) is 1.89. The highest BCUT2D eigenvalue weighted by atomic mass is 15.3. The zero-order valence-electron chi connectivity index (χ0n) is 7.06. The van der Waals surface area contributed by atoms with E-state index in [0.29, 0.717) is 0 Å². The maximum absolute atomic E-state index is 5.14. The van der Waals surface area contributed by atoms with E-state index in [4.69, 9.17) is 5.84 Å². The lowest BCUT2D eigenvalue weighted by molar-refractivity contribution is 0.302. The molecule has 0 aromatic carbocycles. The smallest absolute Gasteiger partial charge is 0.0609 e. The van der Waals surface area contributed by atoms with E-state index >= 15 is 0 Å². The van der Waals surface area contributed by atoms with Crippen LogP contribution in [0.3, 0.4) is 0 Å². The van der Waals surface area contributed by atoms with E-state index in [9.17, 15) is 0 Å². The summed E-state index contributed by atoms with van der Waals surface area (Å²) in [6, 6.07) is 0. The van der Waals surface area contributed by atoms with Crippen molar-refractivity contribution in [2.24, 2.45) is 5.84 Å². The van der Waals surface area contributed by atoms with Gasteiger partial charge in [-0.1, -0.05) is 19.8 Å². The molecule has 0 saturated carbocycles. The van der Waals surface area contributed by atoms with Gasteiger partial charge in [0.1, 0.15) is 0 Å². The first-order valence-electron chi connectivity index (χ1n) is 3.93. The van der Waals surface area contributed by atoms with Gasteiger partial charge < -0.3 is 0 Å². The lowest BCUT2D eigenvalue weighted by atomic mass is 10.2. The number of hydrazine groups is 1. The predicted molar refractivity (Wildman–Crippen MR) is 44.3 cm³/mol. The molecule has 3 N–H and O–H groups in total. The Labute approximate surface area is 63.5 Å². The van der Waals surface area contributed by atoms with Gasteiger partial charge in [-0.3, -0.25) is 10.7 Å². The first kappa shape index (κ1) is 9.88. The van der Waals surface area contributed by atoms with E-state index in [0.717, 1.165) is 13.2 Å². The van der Waals surface area contributed by atoms with Crippen LogP contribution in [0, 0.1) is 0 Å². The van der Waals surface area contributed by atoms with Crippen LogP contribution in [0.15, 0.2) is 0 Å². The first-order valence-corrected chi connectivity index (χ1v) is 3.93. The second-order valence-electron chi connectivity index (χ2n) is 2.65. The maximum Gasteiger partial charge on any atom is 0.0609 e. The van der Waals surface area contributed by atoms with Crippen molar-refractivity contribution >= 4 is 0 Å². The minimum absolute atomic E-state index is 0.781. The van der Waals surface area contributed by atoms with Crippen molar-refractivity contribution in [1.82, 2.24) is 10.3 Å². The van der Waals surface area contributed by atoms with Crippen LogP contribution in [0.4, 0.5) is 0 Å². The Hall–Kier alpha value is -0.120. The number of nitrogens with two attached hydrogens (primary N) is 1. The minimum atomic E-state index is 0.781. The Morgan fingerprint density at radius 3 is 2.60 bits per heavy atom. The molecule has 3 nitrogen and oxygen atoms in total. The quantitative estimate of drug-likeness (QED) is 0.248. The van der Waals surface area contributed by atoms with Crippen LogP contribution in [-0.2, 0) is 0 Å². The van der Waals surface area contributed by atoms with Crippen LogP contribution in [0.25, 0.3) is 0 Å². The van der Waals surface area contributed by atoms with Crippen molar-refractivity contribution in [3.63, 3.8) is 0 Å². The molecule has 0 heterocycles. The van der Waals surface area contributed by atoms with Crippen molar-refractivity contribution < 1.29 is 0 Å². The molecule has 3 heteroatoms. The van der Waals surface area contributed by atoms with Crippen LogP contribution in [0.2, 0.25) is 0 Å². The van der Waals surface area contributed by atoms with Gasteiger partial charge in [-0.15, -0.1) is 0 Å². The third-order valence-corrected chi connectivity index (χ3v) is 1.50. The fraction of sp³-hybridized carbons (Fsp3) is 1.00. The van der Waals surface area contributed by atoms with Gasteiger partial charge in [-0.25, -0.2) is 5.43 Å². The van der Waals surface area contributed by atoms with Crippen LogP contribution >= 0.6 is 0 Å². The van der Waals surface area contributed by atoms with Crippen molar-refractivity contribution in [3.05, 3.63) is 0 Å². The Balaban J connectivity index is 2.97. The van der Waals surface area contributed by atoms with Crippen LogP contribution < -0.4 is 11.3 Å². The van der Waals surface area contributed by atoms with E-state index in [2.05, 4.69) is 24.3 Å². The standard InChI is InChI=1S/C7H19N3/c1-3-4-5-6-10(2)7-9-8/h9H,3-8H2,1-2H3. The molecular weight excluding hydrogens is 126 g/mol. The summed E-state index contributed by atoms with van der Waals surface area (Å²) in [4.78, 5) is 2.18. The second kappa shape index (κ2) is 6.99. The number of hydrogen-bond donors (Lipinski definition) is 2. The zero-order chi connectivity index (χ0) is 7.82. The number of unbranched alkanes of at least 4 members (excludes halogenated alkanes) is 2. The van der Waals surface area contributed by atoms with E-state index in [-0.39, 0.29) is 0 Å². The van der Waals surface area contributed by atoms with Crippen molar-refractivity contribution in [1.29, 1.82) is 0 Å². The number of nitrogens with zero attached hydrogens (tertiary/aromatic N) is 1. The summed E-state index contributed by atoms with van der Waals surface area (Å²) in [6.45, 7) is 4.13. The lowest BCUT2D eigenvalue weighted by Gasteiger charge is -2.14. The molecular formula is C7H19N3. The molecule has 0 saturated heterocycles. The number of rotatable bonds is 6. The summed E-state index contributed by atoms with van der Waals surface area (Å²) in [7, 11) is 2.06. The summed E-state index contributed by atoms with van der Waals surface area (Å²) in [5.74, 6) is 5.14. The highest BCUT2D eigenvalue weighted by Crippen LogP contribution is 1.94. The molecule has 0 bridgehead atoms. The van der Waals surface area contributed by atoms with Gasteiger partial charge in [-0.2, -0.15) is 0 Å². The average molecular weight is 145 g/mol. The van der Waals surface area contributed by atoms with Gasteiger partial charge in [0, 0.05) is 0 Å². The molecule has 0 atom stereocenters. The van der Waals surface area contributed by atoms with Gasteiger partial charge in [0.25, 0.3) is 0 Å². The molecule has 0 aromatic rings. The molecule has 0 spiro atoms. The topological polar surface area (TPSA) is 41.3 Å². The van der Waals surface area contributed by atoms with Crippen LogP contribution in [-0.4, -0.2) is 25.2 Å². The second-order valence-corrected chi connectivity index (χ2v) is 2.65. The minimum Gasteiger partial charge on any atom is -0.293 e. The molecule has 0 aliphatic carbocycles. The fourth-order valence-electron chi connectivity index (χ4n) is 0.867. The summed E-state index contributed by atoms with van der Waals surface area (Å²) >= 11 is 0. The highest BCUT2D eigenvalue weighted by Gasteiger charge is 1.93. The molecule has 0 radical (unpaired) electrons. The first-order chi connectivity index (χ1) is 4.81. The fourth-order valence-corrected chi connectivity index (χ4v) is 0.867. The van der Waals surface area contributed by atoms with Crippen molar-refractivity contribution in [2.45, 2.75) is 26.2 Å². The summed E-state index contributed by atoms with van der Waals surface area (Å²) in [6.07, 6.45) is 3.87. The summed E-state index contributed by atoms with van der Waals surface area (Å²) in [5.41, 5.74) is 2.62. The largest absolute Gasteiger partial charge is 0.293 e. The molecule has 0 aromatic heterocycles. The van der Waals surface area contributed by atoms with Gasteiger partial charge in [-0.05, 0) is 20.0 Å². The number of nitrogens with one attached hydrogen (secondary N) is 1. The van der Waals surface area contributed by atoms with Crippen molar-refractivity contribution in [2.75, 3.05) is 20.3 Å².